The monoisotopic (exact) mass is 277 g/mol. The second kappa shape index (κ2) is 6.53. The quantitative estimate of drug-likeness (QED) is 0.654. The maximum Gasteiger partial charge on any atom is 0.0779 e. The molecule has 0 N–H and O–H groups in total. The van der Waals surface area contributed by atoms with Crippen LogP contribution in [0.15, 0.2) is 49.2 Å². The molecular weight excluding hydrogens is 254 g/mol. The Hall–Kier alpha value is -2.15. The van der Waals surface area contributed by atoms with Crippen LogP contribution in [0.3, 0.4) is 0 Å². The van der Waals surface area contributed by atoms with Gasteiger partial charge in [0.25, 0.3) is 0 Å². The molecule has 0 aliphatic rings. The molecule has 2 rings (SSSR count). The van der Waals surface area contributed by atoms with Gasteiger partial charge in [-0.2, -0.15) is 0 Å². The molecule has 0 atom stereocenters. The maximum absolute atomic E-state index is 4.72. The minimum absolute atomic E-state index is 0.473. The molecule has 21 heavy (non-hydrogen) atoms. The summed E-state index contributed by atoms with van der Waals surface area (Å²) >= 11 is 0. The van der Waals surface area contributed by atoms with Crippen LogP contribution in [0.25, 0.3) is 17.3 Å². The van der Waals surface area contributed by atoms with Gasteiger partial charge in [0.15, 0.2) is 0 Å². The van der Waals surface area contributed by atoms with Crippen LogP contribution in [0.5, 0.6) is 0 Å². The average Bonchev–Trinajstić information content (AvgIpc) is 2.48. The lowest BCUT2D eigenvalue weighted by atomic mass is 9.91. The van der Waals surface area contributed by atoms with E-state index >= 15 is 0 Å². The smallest absolute Gasteiger partial charge is 0.0779 e. The van der Waals surface area contributed by atoms with E-state index in [4.69, 9.17) is 4.98 Å². The Kier molecular flexibility index (Phi) is 4.74. The van der Waals surface area contributed by atoms with Crippen LogP contribution >= 0.6 is 0 Å². The van der Waals surface area contributed by atoms with E-state index in [9.17, 15) is 0 Å². The zero-order valence-electron chi connectivity index (χ0n) is 13.4. The standard InChI is InChI=1S/C20H23N/c1-6-7-10-18-16(5)15(4)13-21-20(18)19-12-9-8-11-17(19)14(2)3/h6-14H,1H2,2-5H3/b10-7-. The van der Waals surface area contributed by atoms with Crippen molar-refractivity contribution in [3.05, 3.63) is 71.4 Å². The van der Waals surface area contributed by atoms with Crippen molar-refractivity contribution in [1.82, 2.24) is 4.98 Å². The highest BCUT2D eigenvalue weighted by molar-refractivity contribution is 5.77. The first-order valence-electron chi connectivity index (χ1n) is 7.40. The Morgan fingerprint density at radius 3 is 2.52 bits per heavy atom. The lowest BCUT2D eigenvalue weighted by molar-refractivity contribution is 0.868. The number of benzene rings is 1. The number of pyridine rings is 1. The summed E-state index contributed by atoms with van der Waals surface area (Å²) in [5, 5.41) is 0. The van der Waals surface area contributed by atoms with E-state index in [1.165, 1.54) is 27.8 Å². The van der Waals surface area contributed by atoms with Crippen molar-refractivity contribution in [2.75, 3.05) is 0 Å². The fourth-order valence-electron chi connectivity index (χ4n) is 2.52. The molecule has 0 bridgehead atoms. The number of hydrogen-bond acceptors (Lipinski definition) is 1. The summed E-state index contributed by atoms with van der Waals surface area (Å²) in [4.78, 5) is 4.72. The summed E-state index contributed by atoms with van der Waals surface area (Å²) in [5.74, 6) is 0.473. The maximum atomic E-state index is 4.72. The predicted octanol–water partition coefficient (Wildman–Crippen LogP) is 5.69. The highest BCUT2D eigenvalue weighted by Crippen LogP contribution is 2.32. The molecule has 1 nitrogen and oxygen atoms in total. The third kappa shape index (κ3) is 3.13. The van der Waals surface area contributed by atoms with Gasteiger partial charge in [0.1, 0.15) is 0 Å². The van der Waals surface area contributed by atoms with Crippen LogP contribution in [-0.2, 0) is 0 Å². The molecule has 0 saturated heterocycles. The van der Waals surface area contributed by atoms with Crippen molar-refractivity contribution in [2.24, 2.45) is 0 Å². The Labute approximate surface area is 128 Å². The van der Waals surface area contributed by atoms with Gasteiger partial charge in [-0.3, -0.25) is 4.98 Å². The molecule has 0 fully saturated rings. The van der Waals surface area contributed by atoms with Crippen LogP contribution in [0.4, 0.5) is 0 Å². The molecule has 0 radical (unpaired) electrons. The minimum Gasteiger partial charge on any atom is -0.255 e. The molecule has 108 valence electrons. The third-order valence-electron chi connectivity index (χ3n) is 3.87. The molecule has 1 aromatic heterocycles. The van der Waals surface area contributed by atoms with Gasteiger partial charge in [0, 0.05) is 17.3 Å². The normalized spacial score (nSPS) is 11.3. The Morgan fingerprint density at radius 2 is 1.86 bits per heavy atom. The van der Waals surface area contributed by atoms with E-state index in [1.807, 2.05) is 12.3 Å². The van der Waals surface area contributed by atoms with Crippen LogP contribution < -0.4 is 0 Å². The summed E-state index contributed by atoms with van der Waals surface area (Å²) in [7, 11) is 0. The van der Waals surface area contributed by atoms with Gasteiger partial charge in [0.2, 0.25) is 0 Å². The van der Waals surface area contributed by atoms with Crippen LogP contribution in [0, 0.1) is 13.8 Å². The van der Waals surface area contributed by atoms with E-state index in [0.29, 0.717) is 5.92 Å². The fourth-order valence-corrected chi connectivity index (χ4v) is 2.52. The van der Waals surface area contributed by atoms with E-state index < -0.39 is 0 Å². The number of aromatic nitrogens is 1. The summed E-state index contributed by atoms with van der Waals surface area (Å²) in [6, 6.07) is 8.54. The molecule has 0 spiro atoms. The lowest BCUT2D eigenvalue weighted by Crippen LogP contribution is -1.99. The number of aryl methyl sites for hydroxylation is 1. The minimum atomic E-state index is 0.473. The Morgan fingerprint density at radius 1 is 1.14 bits per heavy atom. The van der Waals surface area contributed by atoms with Gasteiger partial charge < -0.3 is 0 Å². The van der Waals surface area contributed by atoms with Crippen molar-refractivity contribution in [1.29, 1.82) is 0 Å². The second-order valence-corrected chi connectivity index (χ2v) is 5.67. The fraction of sp³-hybridized carbons (Fsp3) is 0.250. The van der Waals surface area contributed by atoms with Crippen LogP contribution in [-0.4, -0.2) is 4.98 Å². The molecule has 1 aromatic carbocycles. The van der Waals surface area contributed by atoms with Gasteiger partial charge in [-0.05, 0) is 36.5 Å². The molecule has 1 heteroatoms. The number of rotatable bonds is 4. The van der Waals surface area contributed by atoms with Gasteiger partial charge in [-0.1, -0.05) is 62.9 Å². The van der Waals surface area contributed by atoms with Gasteiger partial charge in [-0.25, -0.2) is 0 Å². The highest BCUT2D eigenvalue weighted by atomic mass is 14.7. The van der Waals surface area contributed by atoms with Crippen LogP contribution in [0.1, 0.15) is 42.0 Å². The van der Waals surface area contributed by atoms with E-state index in [1.54, 1.807) is 6.08 Å². The van der Waals surface area contributed by atoms with Gasteiger partial charge in [0.05, 0.1) is 5.69 Å². The molecule has 1 heterocycles. The second-order valence-electron chi connectivity index (χ2n) is 5.67. The van der Waals surface area contributed by atoms with Gasteiger partial charge >= 0.3 is 0 Å². The molecule has 0 amide bonds. The van der Waals surface area contributed by atoms with Gasteiger partial charge in [-0.15, -0.1) is 0 Å². The number of nitrogens with zero attached hydrogens (tertiary/aromatic N) is 1. The molecule has 0 unspecified atom stereocenters. The van der Waals surface area contributed by atoms with Crippen molar-refractivity contribution >= 4 is 6.08 Å². The number of allylic oxidation sites excluding steroid dienone is 2. The first-order chi connectivity index (χ1) is 10.1. The van der Waals surface area contributed by atoms with Crippen molar-refractivity contribution in [2.45, 2.75) is 33.6 Å². The van der Waals surface area contributed by atoms with E-state index in [2.05, 4.69) is 64.6 Å². The topological polar surface area (TPSA) is 12.9 Å². The molecule has 2 aromatic rings. The predicted molar refractivity (Wildman–Crippen MR) is 92.5 cm³/mol. The first-order valence-corrected chi connectivity index (χ1v) is 7.40. The molecule has 0 aliphatic heterocycles. The molecule has 0 aliphatic carbocycles. The highest BCUT2D eigenvalue weighted by Gasteiger charge is 2.14. The zero-order valence-corrected chi connectivity index (χ0v) is 13.4. The SMILES string of the molecule is C=C/C=C\c1c(-c2ccccc2C(C)C)ncc(C)c1C. The number of hydrogen-bond donors (Lipinski definition) is 0. The molecular formula is C20H23N. The van der Waals surface area contributed by atoms with Crippen molar-refractivity contribution in [3.63, 3.8) is 0 Å². The summed E-state index contributed by atoms with van der Waals surface area (Å²) in [6.07, 6.45) is 7.85. The Bertz CT molecular complexity index is 678. The lowest BCUT2D eigenvalue weighted by Gasteiger charge is -2.16. The Balaban J connectivity index is 2.72. The average molecular weight is 277 g/mol. The summed E-state index contributed by atoms with van der Waals surface area (Å²) in [6.45, 7) is 12.5. The zero-order chi connectivity index (χ0) is 15.4. The summed E-state index contributed by atoms with van der Waals surface area (Å²) in [5.41, 5.74) is 7.28. The van der Waals surface area contributed by atoms with E-state index in [0.717, 1.165) is 5.69 Å². The van der Waals surface area contributed by atoms with Crippen LogP contribution in [0.2, 0.25) is 0 Å². The molecule has 0 saturated carbocycles. The van der Waals surface area contributed by atoms with E-state index in [-0.39, 0.29) is 0 Å². The summed E-state index contributed by atoms with van der Waals surface area (Å²) < 4.78 is 0. The third-order valence-corrected chi connectivity index (χ3v) is 3.87. The first kappa shape index (κ1) is 15.2. The van der Waals surface area contributed by atoms with Crippen molar-refractivity contribution < 1.29 is 0 Å². The van der Waals surface area contributed by atoms with Crippen molar-refractivity contribution in [3.8, 4) is 11.3 Å². The largest absolute Gasteiger partial charge is 0.255 e.